The maximum Gasteiger partial charge on any atom is 0.0992 e. The molecule has 0 radical (unpaired) electrons. The van der Waals surface area contributed by atoms with Crippen LogP contribution in [-0.4, -0.2) is 9.55 Å². The summed E-state index contributed by atoms with van der Waals surface area (Å²) < 4.78 is 3.16. The van der Waals surface area contributed by atoms with E-state index in [0.717, 1.165) is 3.79 Å². The summed E-state index contributed by atoms with van der Waals surface area (Å²) in [6, 6.07) is 0. The van der Waals surface area contributed by atoms with E-state index in [2.05, 4.69) is 33.2 Å². The average molecular weight is 243 g/mol. The summed E-state index contributed by atoms with van der Waals surface area (Å²) in [4.78, 5) is 4.01. The monoisotopic (exact) mass is 242 g/mol. The van der Waals surface area contributed by atoms with Crippen LogP contribution in [0.2, 0.25) is 0 Å². The topological polar surface area (TPSA) is 17.8 Å². The Morgan fingerprint density at radius 1 is 1.58 bits per heavy atom. The zero-order chi connectivity index (χ0) is 8.55. The van der Waals surface area contributed by atoms with E-state index in [0.29, 0.717) is 0 Å². The highest BCUT2D eigenvalue weighted by Gasteiger charge is 2.06. The van der Waals surface area contributed by atoms with Crippen LogP contribution in [0.4, 0.5) is 0 Å². The number of hydrogen-bond acceptors (Lipinski definition) is 2. The molecule has 12 heavy (non-hydrogen) atoms. The lowest BCUT2D eigenvalue weighted by atomic mass is 10.3. The van der Waals surface area contributed by atoms with Gasteiger partial charge < -0.3 is 4.57 Å². The number of hydrogen-bond donors (Lipinski definition) is 0. The van der Waals surface area contributed by atoms with E-state index in [1.54, 1.807) is 23.9 Å². The Labute approximate surface area is 83.0 Å². The van der Waals surface area contributed by atoms with Crippen LogP contribution in [0, 0.1) is 6.92 Å². The zero-order valence-corrected chi connectivity index (χ0v) is 8.89. The summed E-state index contributed by atoms with van der Waals surface area (Å²) in [5.74, 6) is 0. The normalized spacial score (nSPS) is 10.5. The van der Waals surface area contributed by atoms with Gasteiger partial charge in [0.05, 0.1) is 15.8 Å². The summed E-state index contributed by atoms with van der Waals surface area (Å²) in [7, 11) is 0. The molecule has 0 aliphatic rings. The molecular weight excluding hydrogens is 236 g/mol. The van der Waals surface area contributed by atoms with E-state index in [4.69, 9.17) is 0 Å². The number of thiophene rings is 1. The summed E-state index contributed by atoms with van der Waals surface area (Å²) in [6.07, 6.45) is 5.53. The summed E-state index contributed by atoms with van der Waals surface area (Å²) in [6.45, 7) is 2.09. The Balaban J connectivity index is 2.60. The van der Waals surface area contributed by atoms with Gasteiger partial charge >= 0.3 is 0 Å². The van der Waals surface area contributed by atoms with Gasteiger partial charge in [0.15, 0.2) is 0 Å². The molecule has 62 valence electrons. The van der Waals surface area contributed by atoms with Gasteiger partial charge in [0.1, 0.15) is 0 Å². The zero-order valence-electron chi connectivity index (χ0n) is 6.49. The highest BCUT2D eigenvalue weighted by atomic mass is 79.9. The number of nitrogens with zero attached hydrogens (tertiary/aromatic N) is 2. The van der Waals surface area contributed by atoms with Crippen molar-refractivity contribution >= 4 is 27.3 Å². The second-order valence-corrected chi connectivity index (χ2v) is 4.71. The standard InChI is InChI=1S/C8H7BrN2S/c1-6-4-12-8(9)7(6)11-3-2-10-5-11/h2-5H,1H3. The van der Waals surface area contributed by atoms with Crippen molar-refractivity contribution in [2.45, 2.75) is 6.92 Å². The first-order chi connectivity index (χ1) is 5.79. The lowest BCUT2D eigenvalue weighted by molar-refractivity contribution is 1.04. The molecule has 2 heterocycles. The van der Waals surface area contributed by atoms with Gasteiger partial charge in [-0.2, -0.15) is 0 Å². The first kappa shape index (κ1) is 8.01. The minimum absolute atomic E-state index is 1.15. The quantitative estimate of drug-likeness (QED) is 0.752. The molecule has 0 spiro atoms. The van der Waals surface area contributed by atoms with Gasteiger partial charge in [0.25, 0.3) is 0 Å². The van der Waals surface area contributed by atoms with E-state index < -0.39 is 0 Å². The van der Waals surface area contributed by atoms with Crippen molar-refractivity contribution in [2.24, 2.45) is 0 Å². The van der Waals surface area contributed by atoms with E-state index in [-0.39, 0.29) is 0 Å². The van der Waals surface area contributed by atoms with Crippen LogP contribution in [0.3, 0.4) is 0 Å². The summed E-state index contributed by atoms with van der Waals surface area (Å²) >= 11 is 5.21. The fourth-order valence-corrected chi connectivity index (χ4v) is 2.67. The van der Waals surface area contributed by atoms with E-state index in [9.17, 15) is 0 Å². The summed E-state index contributed by atoms with van der Waals surface area (Å²) in [5.41, 5.74) is 2.46. The minimum Gasteiger partial charge on any atom is -0.304 e. The van der Waals surface area contributed by atoms with Crippen LogP contribution >= 0.6 is 27.3 Å². The molecule has 0 atom stereocenters. The van der Waals surface area contributed by atoms with E-state index >= 15 is 0 Å². The van der Waals surface area contributed by atoms with Gasteiger partial charge in [-0.05, 0) is 33.8 Å². The summed E-state index contributed by atoms with van der Waals surface area (Å²) in [5, 5.41) is 2.12. The van der Waals surface area contributed by atoms with Gasteiger partial charge in [0.2, 0.25) is 0 Å². The number of halogens is 1. The average Bonchev–Trinajstić information content (AvgIpc) is 2.61. The molecule has 2 aromatic heterocycles. The van der Waals surface area contributed by atoms with E-state index in [1.165, 1.54) is 11.3 Å². The Morgan fingerprint density at radius 2 is 2.42 bits per heavy atom. The van der Waals surface area contributed by atoms with Crippen molar-refractivity contribution in [1.82, 2.24) is 9.55 Å². The maximum atomic E-state index is 4.01. The third-order valence-corrected chi connectivity index (χ3v) is 3.47. The first-order valence-corrected chi connectivity index (χ1v) is 5.18. The second-order valence-electron chi connectivity index (χ2n) is 2.51. The molecule has 4 heteroatoms. The molecule has 0 fully saturated rings. The fourth-order valence-electron chi connectivity index (χ4n) is 1.10. The largest absolute Gasteiger partial charge is 0.304 e. The molecule has 0 bridgehead atoms. The molecule has 0 saturated heterocycles. The minimum atomic E-state index is 1.15. The molecule has 0 N–H and O–H groups in total. The number of imidazole rings is 1. The first-order valence-electron chi connectivity index (χ1n) is 3.51. The molecule has 0 amide bonds. The number of aromatic nitrogens is 2. The van der Waals surface area contributed by atoms with Gasteiger partial charge in [-0.25, -0.2) is 4.98 Å². The van der Waals surface area contributed by atoms with Gasteiger partial charge in [-0.3, -0.25) is 0 Å². The Kier molecular flexibility index (Phi) is 2.02. The molecule has 2 nitrogen and oxygen atoms in total. The lowest BCUT2D eigenvalue weighted by Gasteiger charge is -2.00. The number of aryl methyl sites for hydroxylation is 1. The highest BCUT2D eigenvalue weighted by molar-refractivity contribution is 9.11. The molecule has 0 aliphatic carbocycles. The molecule has 2 rings (SSSR count). The number of rotatable bonds is 1. The van der Waals surface area contributed by atoms with Crippen molar-refractivity contribution in [3.8, 4) is 5.69 Å². The van der Waals surface area contributed by atoms with Crippen LogP contribution in [0.25, 0.3) is 5.69 Å². The molecule has 0 unspecified atom stereocenters. The molecule has 0 aromatic carbocycles. The van der Waals surface area contributed by atoms with Crippen molar-refractivity contribution in [2.75, 3.05) is 0 Å². The Bertz CT molecular complexity index is 358. The third kappa shape index (κ3) is 1.21. The molecule has 0 saturated carbocycles. The Hall–Kier alpha value is -0.610. The molecular formula is C8H7BrN2S. The van der Waals surface area contributed by atoms with Gasteiger partial charge in [-0.1, -0.05) is 0 Å². The lowest BCUT2D eigenvalue weighted by Crippen LogP contribution is -1.89. The highest BCUT2D eigenvalue weighted by Crippen LogP contribution is 2.30. The Morgan fingerprint density at radius 3 is 2.92 bits per heavy atom. The van der Waals surface area contributed by atoms with Crippen LogP contribution in [0.1, 0.15) is 5.56 Å². The van der Waals surface area contributed by atoms with Crippen molar-refractivity contribution in [1.29, 1.82) is 0 Å². The maximum absolute atomic E-state index is 4.01. The van der Waals surface area contributed by atoms with Crippen LogP contribution < -0.4 is 0 Å². The fraction of sp³-hybridized carbons (Fsp3) is 0.125. The van der Waals surface area contributed by atoms with Crippen molar-refractivity contribution in [3.05, 3.63) is 33.5 Å². The van der Waals surface area contributed by atoms with E-state index in [1.807, 2.05) is 10.8 Å². The van der Waals surface area contributed by atoms with Crippen LogP contribution in [-0.2, 0) is 0 Å². The van der Waals surface area contributed by atoms with Crippen LogP contribution in [0.15, 0.2) is 27.9 Å². The predicted molar refractivity (Wildman–Crippen MR) is 53.9 cm³/mol. The van der Waals surface area contributed by atoms with Gasteiger partial charge in [0, 0.05) is 12.4 Å². The van der Waals surface area contributed by atoms with Gasteiger partial charge in [-0.15, -0.1) is 11.3 Å². The van der Waals surface area contributed by atoms with Crippen molar-refractivity contribution < 1.29 is 0 Å². The van der Waals surface area contributed by atoms with Crippen molar-refractivity contribution in [3.63, 3.8) is 0 Å². The predicted octanol–water partition coefficient (Wildman–Crippen LogP) is 3.00. The molecule has 2 aromatic rings. The SMILES string of the molecule is Cc1csc(Br)c1-n1ccnc1. The van der Waals surface area contributed by atoms with Crippen LogP contribution in [0.5, 0.6) is 0 Å². The molecule has 0 aliphatic heterocycles. The smallest absolute Gasteiger partial charge is 0.0992 e. The second kappa shape index (κ2) is 3.03. The third-order valence-electron chi connectivity index (χ3n) is 1.66.